The number of aliphatic hydroxyl groups excluding tert-OH is 1. The molecule has 1 amide bonds. The lowest BCUT2D eigenvalue weighted by atomic mass is 9.94. The van der Waals surface area contributed by atoms with Gasteiger partial charge in [-0.1, -0.05) is 26.0 Å². The maximum absolute atomic E-state index is 13.6. The van der Waals surface area contributed by atoms with Crippen LogP contribution < -0.4 is 4.74 Å². The molecule has 3 rings (SSSR count). The Morgan fingerprint density at radius 1 is 1.09 bits per heavy atom. The fourth-order valence-electron chi connectivity index (χ4n) is 4.19. The molecule has 0 unspecified atom stereocenters. The average molecular weight is 455 g/mol. The van der Waals surface area contributed by atoms with E-state index in [1.807, 2.05) is 20.8 Å². The van der Waals surface area contributed by atoms with Gasteiger partial charge in [-0.15, -0.1) is 0 Å². The van der Waals surface area contributed by atoms with Gasteiger partial charge in [0, 0.05) is 18.7 Å². The van der Waals surface area contributed by atoms with Crippen LogP contribution in [0.4, 0.5) is 4.39 Å². The second-order valence-electron chi connectivity index (χ2n) is 7.98. The zero-order valence-corrected chi connectivity index (χ0v) is 19.6. The molecule has 6 nitrogen and oxygen atoms in total. The van der Waals surface area contributed by atoms with Gasteiger partial charge in [-0.05, 0) is 68.4 Å². The number of carbonyl (C=O) groups excluding carboxylic acids is 2. The number of hydrogen-bond donors (Lipinski definition) is 1. The van der Waals surface area contributed by atoms with Crippen LogP contribution in [-0.2, 0) is 9.59 Å². The first-order valence-corrected chi connectivity index (χ1v) is 11.3. The summed E-state index contributed by atoms with van der Waals surface area (Å²) in [5.41, 5.74) is 1.75. The van der Waals surface area contributed by atoms with Crippen molar-refractivity contribution in [3.8, 4) is 5.75 Å². The molecule has 1 N–H and O–H groups in total. The van der Waals surface area contributed by atoms with Crippen LogP contribution in [0.5, 0.6) is 5.75 Å². The van der Waals surface area contributed by atoms with Gasteiger partial charge in [0.1, 0.15) is 17.3 Å². The molecular weight excluding hydrogens is 423 g/mol. The van der Waals surface area contributed by atoms with Crippen molar-refractivity contribution in [1.29, 1.82) is 0 Å². The summed E-state index contributed by atoms with van der Waals surface area (Å²) in [6.07, 6.45) is 0. The molecule has 0 radical (unpaired) electrons. The Hall–Kier alpha value is -3.19. The van der Waals surface area contributed by atoms with Crippen molar-refractivity contribution >= 4 is 17.4 Å². The van der Waals surface area contributed by atoms with Gasteiger partial charge in [0.25, 0.3) is 11.7 Å². The SMILES string of the molecule is CCOc1ccc(C(O)=C2C(=O)C(=O)N(CCN(CC)CC)[C@H]2c2ccc(F)cc2)c(C)c1. The number of benzene rings is 2. The summed E-state index contributed by atoms with van der Waals surface area (Å²) in [7, 11) is 0. The summed E-state index contributed by atoms with van der Waals surface area (Å²) < 4.78 is 19.1. The van der Waals surface area contributed by atoms with Gasteiger partial charge in [0.05, 0.1) is 18.2 Å². The number of carbonyl (C=O) groups is 2. The quantitative estimate of drug-likeness (QED) is 0.348. The fourth-order valence-corrected chi connectivity index (χ4v) is 4.19. The zero-order chi connectivity index (χ0) is 24.1. The molecule has 1 fully saturated rings. The minimum absolute atomic E-state index is 0.0124. The molecule has 1 saturated heterocycles. The number of amides is 1. The van der Waals surface area contributed by atoms with Crippen molar-refractivity contribution in [2.45, 2.75) is 33.7 Å². The molecule has 2 aromatic rings. The van der Waals surface area contributed by atoms with Gasteiger partial charge in [0.2, 0.25) is 0 Å². The van der Waals surface area contributed by atoms with Crippen molar-refractivity contribution in [2.75, 3.05) is 32.8 Å². The standard InChI is InChI=1S/C26H31FN2O4/c1-5-28(6-2)14-15-29-23(18-8-10-19(27)11-9-18)22(25(31)26(29)32)24(30)21-13-12-20(33-7-3)16-17(21)4/h8-13,16,23,30H,5-7,14-15H2,1-4H3/t23-/m0/s1. The van der Waals surface area contributed by atoms with Crippen LogP contribution in [0.25, 0.3) is 5.76 Å². The van der Waals surface area contributed by atoms with Crippen LogP contribution in [0.15, 0.2) is 48.0 Å². The molecular formula is C26H31FN2O4. The maximum Gasteiger partial charge on any atom is 0.295 e. The van der Waals surface area contributed by atoms with Crippen molar-refractivity contribution in [3.05, 3.63) is 70.5 Å². The van der Waals surface area contributed by atoms with E-state index >= 15 is 0 Å². The predicted octanol–water partition coefficient (Wildman–Crippen LogP) is 4.30. The van der Waals surface area contributed by atoms with Crippen molar-refractivity contribution < 1.29 is 23.8 Å². The molecule has 176 valence electrons. The third-order valence-electron chi connectivity index (χ3n) is 6.04. The Labute approximate surface area is 194 Å². The van der Waals surface area contributed by atoms with Gasteiger partial charge in [-0.2, -0.15) is 0 Å². The van der Waals surface area contributed by atoms with Crippen LogP contribution >= 0.6 is 0 Å². The van der Waals surface area contributed by atoms with Crippen LogP contribution in [0.2, 0.25) is 0 Å². The molecule has 0 bridgehead atoms. The highest BCUT2D eigenvalue weighted by Gasteiger charge is 2.46. The van der Waals surface area contributed by atoms with E-state index in [1.54, 1.807) is 37.3 Å². The number of ether oxygens (including phenoxy) is 1. The smallest absolute Gasteiger partial charge is 0.295 e. The van der Waals surface area contributed by atoms with Crippen molar-refractivity contribution in [2.24, 2.45) is 0 Å². The molecule has 0 spiro atoms. The molecule has 0 saturated carbocycles. The summed E-state index contributed by atoms with van der Waals surface area (Å²) >= 11 is 0. The minimum atomic E-state index is -0.799. The molecule has 0 aliphatic carbocycles. The number of Topliss-reactive ketones (excluding diaryl/α,β-unsaturated/α-hetero) is 1. The van der Waals surface area contributed by atoms with Gasteiger partial charge in [-0.3, -0.25) is 9.59 Å². The number of halogens is 1. The topological polar surface area (TPSA) is 70.1 Å². The van der Waals surface area contributed by atoms with Crippen molar-refractivity contribution in [3.63, 3.8) is 0 Å². The van der Waals surface area contributed by atoms with Gasteiger partial charge in [-0.25, -0.2) is 4.39 Å². The van der Waals surface area contributed by atoms with Crippen LogP contribution in [0.1, 0.15) is 43.5 Å². The van der Waals surface area contributed by atoms with Crippen LogP contribution in [0.3, 0.4) is 0 Å². The van der Waals surface area contributed by atoms with Gasteiger partial charge >= 0.3 is 0 Å². The lowest BCUT2D eigenvalue weighted by molar-refractivity contribution is -0.140. The third-order valence-corrected chi connectivity index (χ3v) is 6.04. The number of rotatable bonds is 9. The Balaban J connectivity index is 2.10. The fraction of sp³-hybridized carbons (Fsp3) is 0.385. The highest BCUT2D eigenvalue weighted by atomic mass is 19.1. The van der Waals surface area contributed by atoms with E-state index in [0.717, 1.165) is 13.1 Å². The van der Waals surface area contributed by atoms with Crippen LogP contribution in [0, 0.1) is 12.7 Å². The van der Waals surface area contributed by atoms with Crippen LogP contribution in [-0.4, -0.2) is 59.4 Å². The minimum Gasteiger partial charge on any atom is -0.507 e. The first-order valence-electron chi connectivity index (χ1n) is 11.3. The molecule has 1 atom stereocenters. The largest absolute Gasteiger partial charge is 0.507 e. The molecule has 1 aliphatic rings. The number of aliphatic hydroxyl groups is 1. The second-order valence-corrected chi connectivity index (χ2v) is 7.98. The number of ketones is 1. The molecule has 2 aromatic carbocycles. The molecule has 1 aliphatic heterocycles. The predicted molar refractivity (Wildman–Crippen MR) is 126 cm³/mol. The zero-order valence-electron chi connectivity index (χ0n) is 19.6. The number of likely N-dealkylation sites (tertiary alicyclic amines) is 1. The highest BCUT2D eigenvalue weighted by Crippen LogP contribution is 2.40. The Kier molecular flexibility index (Phi) is 7.87. The van der Waals surface area contributed by atoms with E-state index < -0.39 is 23.5 Å². The van der Waals surface area contributed by atoms with E-state index in [0.29, 0.717) is 42.1 Å². The lowest BCUT2D eigenvalue weighted by Crippen LogP contribution is -2.38. The molecule has 1 heterocycles. The normalized spacial score (nSPS) is 17.8. The highest BCUT2D eigenvalue weighted by molar-refractivity contribution is 6.46. The third kappa shape index (κ3) is 5.09. The molecule has 7 heteroatoms. The number of aryl methyl sites for hydroxylation is 1. The Morgan fingerprint density at radius 2 is 1.76 bits per heavy atom. The van der Waals surface area contributed by atoms with Crippen molar-refractivity contribution in [1.82, 2.24) is 9.80 Å². The maximum atomic E-state index is 13.6. The Morgan fingerprint density at radius 3 is 2.33 bits per heavy atom. The Bertz CT molecular complexity index is 1040. The summed E-state index contributed by atoms with van der Waals surface area (Å²) in [4.78, 5) is 29.8. The average Bonchev–Trinajstić information content (AvgIpc) is 3.05. The monoisotopic (exact) mass is 454 g/mol. The summed E-state index contributed by atoms with van der Waals surface area (Å²) in [6, 6.07) is 10.1. The summed E-state index contributed by atoms with van der Waals surface area (Å²) in [5.74, 6) is -1.41. The van der Waals surface area contributed by atoms with E-state index in [-0.39, 0.29) is 11.3 Å². The number of nitrogens with zero attached hydrogens (tertiary/aromatic N) is 2. The first-order chi connectivity index (χ1) is 15.8. The van der Waals surface area contributed by atoms with E-state index in [2.05, 4.69) is 4.90 Å². The van der Waals surface area contributed by atoms with E-state index in [9.17, 15) is 19.1 Å². The summed E-state index contributed by atoms with van der Waals surface area (Å²) in [6.45, 7) is 10.8. The van der Waals surface area contributed by atoms with E-state index in [1.165, 1.54) is 17.0 Å². The number of likely N-dealkylation sites (N-methyl/N-ethyl adjacent to an activating group) is 1. The van der Waals surface area contributed by atoms with E-state index in [4.69, 9.17) is 4.74 Å². The second kappa shape index (κ2) is 10.6. The first kappa shape index (κ1) is 24.5. The van der Waals surface area contributed by atoms with Gasteiger partial charge < -0.3 is 19.6 Å². The van der Waals surface area contributed by atoms with Gasteiger partial charge in [0.15, 0.2) is 0 Å². The summed E-state index contributed by atoms with van der Waals surface area (Å²) in [5, 5.41) is 11.2. The lowest BCUT2D eigenvalue weighted by Gasteiger charge is -2.28. The molecule has 33 heavy (non-hydrogen) atoms. The molecule has 0 aromatic heterocycles. The number of hydrogen-bond acceptors (Lipinski definition) is 5.